The third-order valence-electron chi connectivity index (χ3n) is 8.41. The fraction of sp³-hybridized carbons (Fsp3) is 0.816. The van der Waals surface area contributed by atoms with Crippen LogP contribution in [0.15, 0.2) is 37.0 Å². The van der Waals surface area contributed by atoms with Crippen molar-refractivity contribution in [2.24, 2.45) is 5.92 Å². The van der Waals surface area contributed by atoms with Crippen LogP contribution >= 0.6 is 0 Å². The zero-order chi connectivity index (χ0) is 30.4. The van der Waals surface area contributed by atoms with Gasteiger partial charge in [0.15, 0.2) is 0 Å². The van der Waals surface area contributed by atoms with Crippen LogP contribution in [-0.4, -0.2) is 48.9 Å². The number of hydrogen-bond acceptors (Lipinski definition) is 2. The van der Waals surface area contributed by atoms with E-state index in [1.54, 1.807) is 0 Å². The zero-order valence-corrected chi connectivity index (χ0v) is 28.5. The predicted molar refractivity (Wildman–Crippen MR) is 185 cm³/mol. The number of carbonyl (C=O) groups excluding carboxylic acids is 1. The third-order valence-corrected chi connectivity index (χ3v) is 8.41. The van der Waals surface area contributed by atoms with Gasteiger partial charge in [0.1, 0.15) is 0 Å². The Balaban J connectivity index is 4.66. The van der Waals surface area contributed by atoms with Gasteiger partial charge >= 0.3 is 0 Å². The molecule has 2 atom stereocenters. The van der Waals surface area contributed by atoms with Gasteiger partial charge in [-0.3, -0.25) is 4.79 Å². The molecule has 0 fully saturated rings. The summed E-state index contributed by atoms with van der Waals surface area (Å²) in [5.74, 6) is 0.629. The van der Waals surface area contributed by atoms with Crippen molar-refractivity contribution in [1.82, 2.24) is 9.80 Å². The molecule has 0 aromatic carbocycles. The monoisotopic (exact) mass is 573 g/mol. The van der Waals surface area contributed by atoms with Gasteiger partial charge in [0, 0.05) is 18.5 Å². The van der Waals surface area contributed by atoms with Crippen molar-refractivity contribution >= 4 is 5.91 Å². The smallest absolute Gasteiger partial charge is 0.225 e. The molecule has 0 aliphatic rings. The minimum absolute atomic E-state index is 0.193. The maximum atomic E-state index is 13.9. The summed E-state index contributed by atoms with van der Waals surface area (Å²) in [4.78, 5) is 18.5. The molecule has 0 spiro atoms. The average molecular weight is 573 g/mol. The first-order valence-corrected chi connectivity index (χ1v) is 17.9. The van der Waals surface area contributed by atoms with E-state index in [-0.39, 0.29) is 5.92 Å². The van der Waals surface area contributed by atoms with Crippen molar-refractivity contribution in [2.75, 3.05) is 27.2 Å². The van der Waals surface area contributed by atoms with Crippen molar-refractivity contribution in [3.63, 3.8) is 0 Å². The Labute approximate surface area is 258 Å². The van der Waals surface area contributed by atoms with Crippen molar-refractivity contribution < 1.29 is 4.79 Å². The van der Waals surface area contributed by atoms with Crippen LogP contribution in [0, 0.1) is 5.92 Å². The SMILES string of the molecule is C=CCCCC(CCCCCCCC/C=C\C/C=C\CCCCC)N(CCCN(C)C)C(=O)C(CC)CCCCC. The Bertz CT molecular complexity index is 638. The Morgan fingerprint density at radius 2 is 1.20 bits per heavy atom. The molecular weight excluding hydrogens is 500 g/mol. The highest BCUT2D eigenvalue weighted by Crippen LogP contribution is 2.24. The fourth-order valence-corrected chi connectivity index (χ4v) is 5.73. The number of nitrogens with zero attached hydrogens (tertiary/aromatic N) is 2. The van der Waals surface area contributed by atoms with Gasteiger partial charge in [0.2, 0.25) is 5.91 Å². The highest BCUT2D eigenvalue weighted by molar-refractivity contribution is 5.79. The van der Waals surface area contributed by atoms with E-state index >= 15 is 0 Å². The first-order chi connectivity index (χ1) is 20.0. The molecule has 0 aromatic heterocycles. The standard InChI is InChI=1S/C38H72N2O/c1-7-11-14-15-16-17-18-19-20-21-22-23-24-25-26-29-33-37(32-28-13-9-3)40(35-30-34-39(5)6)38(41)36(10-4)31-27-12-8-2/h9,16-17,19-20,36-37H,3,7-8,10-15,18,21-35H2,1-2,4-6H3/b17-16-,20-19-. The van der Waals surface area contributed by atoms with Crippen molar-refractivity contribution in [3.8, 4) is 0 Å². The van der Waals surface area contributed by atoms with Crippen LogP contribution in [0.2, 0.25) is 0 Å². The van der Waals surface area contributed by atoms with Gasteiger partial charge in [-0.25, -0.2) is 0 Å². The molecule has 0 rings (SSSR count). The zero-order valence-electron chi connectivity index (χ0n) is 28.5. The molecule has 240 valence electrons. The number of rotatable bonds is 30. The number of hydrogen-bond donors (Lipinski definition) is 0. The molecule has 0 aliphatic heterocycles. The molecule has 0 radical (unpaired) electrons. The van der Waals surface area contributed by atoms with E-state index in [1.807, 2.05) is 6.08 Å². The quantitative estimate of drug-likeness (QED) is 0.0631. The molecule has 1 amide bonds. The second-order valence-electron chi connectivity index (χ2n) is 12.5. The van der Waals surface area contributed by atoms with E-state index in [1.165, 1.54) is 89.9 Å². The molecule has 0 bridgehead atoms. The normalized spacial score (nSPS) is 13.4. The molecule has 0 aromatic rings. The van der Waals surface area contributed by atoms with Crippen LogP contribution in [0.1, 0.15) is 162 Å². The first-order valence-electron chi connectivity index (χ1n) is 17.9. The highest BCUT2D eigenvalue weighted by Gasteiger charge is 2.28. The topological polar surface area (TPSA) is 23.6 Å². The van der Waals surface area contributed by atoms with Crippen molar-refractivity contribution in [2.45, 2.75) is 168 Å². The van der Waals surface area contributed by atoms with Gasteiger partial charge in [-0.1, -0.05) is 115 Å². The molecule has 0 saturated carbocycles. The molecule has 41 heavy (non-hydrogen) atoms. The van der Waals surface area contributed by atoms with Gasteiger partial charge in [-0.15, -0.1) is 6.58 Å². The van der Waals surface area contributed by atoms with Crippen LogP contribution in [0.4, 0.5) is 0 Å². The molecule has 2 unspecified atom stereocenters. The summed E-state index contributed by atoms with van der Waals surface area (Å²) < 4.78 is 0. The summed E-state index contributed by atoms with van der Waals surface area (Å²) in [6.45, 7) is 12.6. The average Bonchev–Trinajstić information content (AvgIpc) is 2.96. The summed E-state index contributed by atoms with van der Waals surface area (Å²) in [6, 6.07) is 0.385. The number of carbonyl (C=O) groups is 1. The van der Waals surface area contributed by atoms with Crippen molar-refractivity contribution in [3.05, 3.63) is 37.0 Å². The van der Waals surface area contributed by atoms with Crippen molar-refractivity contribution in [1.29, 1.82) is 0 Å². The van der Waals surface area contributed by atoms with Gasteiger partial charge in [-0.2, -0.15) is 0 Å². The Hall–Kier alpha value is -1.35. The van der Waals surface area contributed by atoms with Gasteiger partial charge in [-0.05, 0) is 97.7 Å². The molecule has 0 aliphatic carbocycles. The minimum atomic E-state index is 0.193. The van der Waals surface area contributed by atoms with Gasteiger partial charge < -0.3 is 9.80 Å². The van der Waals surface area contributed by atoms with E-state index < -0.39 is 0 Å². The van der Waals surface area contributed by atoms with Gasteiger partial charge in [0.05, 0.1) is 0 Å². The van der Waals surface area contributed by atoms with Gasteiger partial charge in [0.25, 0.3) is 0 Å². The molecule has 3 heteroatoms. The number of unbranched alkanes of at least 4 members (excludes halogenated alkanes) is 12. The summed E-state index contributed by atoms with van der Waals surface area (Å²) in [5.41, 5.74) is 0. The Morgan fingerprint density at radius 1 is 0.634 bits per heavy atom. The Morgan fingerprint density at radius 3 is 1.80 bits per heavy atom. The molecule has 0 heterocycles. The maximum absolute atomic E-state index is 13.9. The molecule has 0 saturated heterocycles. The number of allylic oxidation sites excluding steroid dienone is 5. The largest absolute Gasteiger partial charge is 0.339 e. The lowest BCUT2D eigenvalue weighted by Crippen LogP contribution is -2.44. The molecule has 3 nitrogen and oxygen atoms in total. The lowest BCUT2D eigenvalue weighted by Gasteiger charge is -2.35. The first kappa shape index (κ1) is 39.6. The summed E-state index contributed by atoms with van der Waals surface area (Å²) in [5, 5.41) is 0. The number of amides is 1. The molecule has 0 N–H and O–H groups in total. The van der Waals surface area contributed by atoms with Crippen LogP contribution < -0.4 is 0 Å². The maximum Gasteiger partial charge on any atom is 0.225 e. The minimum Gasteiger partial charge on any atom is -0.339 e. The van der Waals surface area contributed by atoms with E-state index in [4.69, 9.17) is 0 Å². The lowest BCUT2D eigenvalue weighted by atomic mass is 9.93. The lowest BCUT2D eigenvalue weighted by molar-refractivity contribution is -0.139. The highest BCUT2D eigenvalue weighted by atomic mass is 16.2. The van der Waals surface area contributed by atoms with Crippen LogP contribution in [0.25, 0.3) is 0 Å². The predicted octanol–water partition coefficient (Wildman–Crippen LogP) is 11.3. The van der Waals surface area contributed by atoms with E-state index in [2.05, 4.69) is 75.5 Å². The third kappa shape index (κ3) is 23.9. The molecular formula is C38H72N2O. The summed E-state index contributed by atoms with van der Waals surface area (Å²) >= 11 is 0. The summed E-state index contributed by atoms with van der Waals surface area (Å²) in [7, 11) is 4.27. The van der Waals surface area contributed by atoms with E-state index in [0.29, 0.717) is 11.9 Å². The van der Waals surface area contributed by atoms with E-state index in [0.717, 1.165) is 64.5 Å². The second kappa shape index (κ2) is 30.1. The Kier molecular flexibility index (Phi) is 29.1. The van der Waals surface area contributed by atoms with Crippen LogP contribution in [0.5, 0.6) is 0 Å². The fourth-order valence-electron chi connectivity index (χ4n) is 5.73. The van der Waals surface area contributed by atoms with E-state index in [9.17, 15) is 4.79 Å². The van der Waals surface area contributed by atoms with Crippen LogP contribution in [0.3, 0.4) is 0 Å². The van der Waals surface area contributed by atoms with Crippen LogP contribution in [-0.2, 0) is 4.79 Å². The summed E-state index contributed by atoms with van der Waals surface area (Å²) in [6.07, 6.45) is 38.0. The second-order valence-corrected chi connectivity index (χ2v) is 12.5.